The summed E-state index contributed by atoms with van der Waals surface area (Å²) < 4.78 is 10.6. The zero-order valence-corrected chi connectivity index (χ0v) is 13.7. The summed E-state index contributed by atoms with van der Waals surface area (Å²) in [5.41, 5.74) is -0.964. The zero-order chi connectivity index (χ0) is 16.0. The maximum absolute atomic E-state index is 11.9. The van der Waals surface area contributed by atoms with Crippen LogP contribution >= 0.6 is 0 Å². The van der Waals surface area contributed by atoms with E-state index in [9.17, 15) is 9.59 Å². The van der Waals surface area contributed by atoms with E-state index in [1.54, 1.807) is 4.90 Å². The van der Waals surface area contributed by atoms with Gasteiger partial charge in [0.25, 0.3) is 0 Å². The van der Waals surface area contributed by atoms with E-state index in [1.165, 1.54) is 0 Å². The van der Waals surface area contributed by atoms with Crippen LogP contribution in [-0.2, 0) is 9.47 Å². The molecule has 0 bridgehead atoms. The SMILES string of the molecule is CC(C)(C)OC(=O)NC1C2CN(C(=O)OC(C)(C)C)CC21. The van der Waals surface area contributed by atoms with Crippen LogP contribution in [0.15, 0.2) is 0 Å². The molecule has 0 aromatic rings. The summed E-state index contributed by atoms with van der Waals surface area (Å²) in [4.78, 5) is 25.4. The first-order valence-corrected chi connectivity index (χ1v) is 7.44. The van der Waals surface area contributed by atoms with Crippen molar-refractivity contribution in [1.29, 1.82) is 0 Å². The van der Waals surface area contributed by atoms with Gasteiger partial charge in [-0.05, 0) is 41.5 Å². The number of piperidine rings is 1. The first kappa shape index (κ1) is 15.9. The molecule has 2 atom stereocenters. The minimum atomic E-state index is -0.489. The predicted molar refractivity (Wildman–Crippen MR) is 77.9 cm³/mol. The third-order valence-electron chi connectivity index (χ3n) is 3.53. The molecular formula is C15H26N2O4. The van der Waals surface area contributed by atoms with Gasteiger partial charge < -0.3 is 19.7 Å². The number of alkyl carbamates (subject to hydrolysis) is 1. The van der Waals surface area contributed by atoms with E-state index in [-0.39, 0.29) is 18.2 Å². The minimum absolute atomic E-state index is 0.124. The number of nitrogens with zero attached hydrogens (tertiary/aromatic N) is 1. The quantitative estimate of drug-likeness (QED) is 0.807. The van der Waals surface area contributed by atoms with Crippen molar-refractivity contribution in [3.05, 3.63) is 0 Å². The highest BCUT2D eigenvalue weighted by Crippen LogP contribution is 2.45. The molecule has 1 aliphatic heterocycles. The molecule has 0 aromatic carbocycles. The van der Waals surface area contributed by atoms with Crippen molar-refractivity contribution in [2.75, 3.05) is 13.1 Å². The van der Waals surface area contributed by atoms with Crippen molar-refractivity contribution in [2.24, 2.45) is 11.8 Å². The Bertz CT molecular complexity index is 424. The van der Waals surface area contributed by atoms with E-state index < -0.39 is 11.2 Å². The maximum atomic E-state index is 11.9. The van der Waals surface area contributed by atoms with Gasteiger partial charge in [-0.15, -0.1) is 0 Å². The molecule has 2 fully saturated rings. The summed E-state index contributed by atoms with van der Waals surface area (Å²) >= 11 is 0. The van der Waals surface area contributed by atoms with Gasteiger partial charge in [-0.25, -0.2) is 9.59 Å². The van der Waals surface area contributed by atoms with Crippen LogP contribution in [0.4, 0.5) is 9.59 Å². The van der Waals surface area contributed by atoms with Crippen molar-refractivity contribution in [3.8, 4) is 0 Å². The molecule has 0 spiro atoms. The molecule has 1 saturated heterocycles. The number of ether oxygens (including phenoxy) is 2. The standard InChI is InChI=1S/C15H26N2O4/c1-14(2,3)20-12(18)16-11-9-7-17(8-10(9)11)13(19)21-15(4,5)6/h9-11H,7-8H2,1-6H3,(H,16,18). The van der Waals surface area contributed by atoms with E-state index in [0.29, 0.717) is 24.9 Å². The second-order valence-corrected chi connectivity index (χ2v) is 7.89. The number of fused-ring (bicyclic) bond motifs is 1. The highest BCUT2D eigenvalue weighted by Gasteiger charge is 2.58. The average molecular weight is 298 g/mol. The normalized spacial score (nSPS) is 27.9. The van der Waals surface area contributed by atoms with Crippen LogP contribution < -0.4 is 5.32 Å². The Morgan fingerprint density at radius 2 is 1.43 bits per heavy atom. The maximum Gasteiger partial charge on any atom is 0.410 e. The van der Waals surface area contributed by atoms with Crippen LogP contribution in [0.5, 0.6) is 0 Å². The summed E-state index contributed by atoms with van der Waals surface area (Å²) in [5.74, 6) is 0.648. The summed E-state index contributed by atoms with van der Waals surface area (Å²) in [6.07, 6.45) is -0.656. The van der Waals surface area contributed by atoms with Gasteiger partial charge >= 0.3 is 12.2 Å². The van der Waals surface area contributed by atoms with Gasteiger partial charge in [0.1, 0.15) is 11.2 Å². The number of nitrogens with one attached hydrogen (secondary N) is 1. The molecule has 1 N–H and O–H groups in total. The van der Waals surface area contributed by atoms with Crippen molar-refractivity contribution in [1.82, 2.24) is 10.2 Å². The first-order valence-electron chi connectivity index (χ1n) is 7.44. The molecular weight excluding hydrogens is 272 g/mol. The first-order chi connectivity index (χ1) is 9.46. The molecule has 21 heavy (non-hydrogen) atoms. The van der Waals surface area contributed by atoms with Crippen molar-refractivity contribution < 1.29 is 19.1 Å². The van der Waals surface area contributed by atoms with Gasteiger partial charge in [0, 0.05) is 31.0 Å². The van der Waals surface area contributed by atoms with Gasteiger partial charge in [-0.3, -0.25) is 0 Å². The summed E-state index contributed by atoms with van der Waals surface area (Å²) in [6.45, 7) is 12.4. The lowest BCUT2D eigenvalue weighted by molar-refractivity contribution is 0.0267. The highest BCUT2D eigenvalue weighted by atomic mass is 16.6. The predicted octanol–water partition coefficient (Wildman–Crippen LogP) is 2.38. The van der Waals surface area contributed by atoms with Crippen LogP contribution in [0.25, 0.3) is 0 Å². The second kappa shape index (κ2) is 5.07. The fraction of sp³-hybridized carbons (Fsp3) is 0.867. The molecule has 1 saturated carbocycles. The monoisotopic (exact) mass is 298 g/mol. The molecule has 6 nitrogen and oxygen atoms in total. The van der Waals surface area contributed by atoms with Crippen LogP contribution in [0, 0.1) is 11.8 Å². The third kappa shape index (κ3) is 4.25. The zero-order valence-electron chi connectivity index (χ0n) is 13.7. The van der Waals surface area contributed by atoms with E-state index >= 15 is 0 Å². The van der Waals surface area contributed by atoms with Gasteiger partial charge in [0.2, 0.25) is 0 Å². The largest absolute Gasteiger partial charge is 0.444 e. The van der Waals surface area contributed by atoms with Crippen LogP contribution in [0.2, 0.25) is 0 Å². The fourth-order valence-electron chi connectivity index (χ4n) is 2.66. The Labute approximate surface area is 126 Å². The number of hydrogen-bond donors (Lipinski definition) is 1. The fourth-order valence-corrected chi connectivity index (χ4v) is 2.66. The number of carbonyl (C=O) groups is 2. The summed E-state index contributed by atoms with van der Waals surface area (Å²) in [5, 5.41) is 2.88. The van der Waals surface area contributed by atoms with Crippen LogP contribution in [-0.4, -0.2) is 47.4 Å². The van der Waals surface area contributed by atoms with Gasteiger partial charge in [0.15, 0.2) is 0 Å². The summed E-state index contributed by atoms with van der Waals surface area (Å²) in [7, 11) is 0. The molecule has 0 aromatic heterocycles. The lowest BCUT2D eigenvalue weighted by Gasteiger charge is -2.26. The van der Waals surface area contributed by atoms with Gasteiger partial charge in [-0.1, -0.05) is 0 Å². The Morgan fingerprint density at radius 3 is 1.86 bits per heavy atom. The van der Waals surface area contributed by atoms with Gasteiger partial charge in [0.05, 0.1) is 0 Å². The Hall–Kier alpha value is -1.46. The Kier molecular flexibility index (Phi) is 3.84. The van der Waals surface area contributed by atoms with Crippen LogP contribution in [0.3, 0.4) is 0 Å². The molecule has 2 rings (SSSR count). The molecule has 120 valence electrons. The second-order valence-electron chi connectivity index (χ2n) is 7.89. The molecule has 2 aliphatic rings. The Morgan fingerprint density at radius 1 is 0.952 bits per heavy atom. The number of rotatable bonds is 1. The molecule has 1 heterocycles. The van der Waals surface area contributed by atoms with Crippen molar-refractivity contribution >= 4 is 12.2 Å². The lowest BCUT2D eigenvalue weighted by Crippen LogP contribution is -2.41. The summed E-state index contributed by atoms with van der Waals surface area (Å²) in [6, 6.07) is 0.124. The number of hydrogen-bond acceptors (Lipinski definition) is 4. The number of likely N-dealkylation sites (tertiary alicyclic amines) is 1. The molecule has 2 unspecified atom stereocenters. The molecule has 0 radical (unpaired) electrons. The van der Waals surface area contributed by atoms with E-state index in [0.717, 1.165) is 0 Å². The van der Waals surface area contributed by atoms with Crippen molar-refractivity contribution in [2.45, 2.75) is 58.8 Å². The topological polar surface area (TPSA) is 67.9 Å². The van der Waals surface area contributed by atoms with E-state index in [1.807, 2.05) is 41.5 Å². The highest BCUT2D eigenvalue weighted by molar-refractivity contribution is 5.71. The Balaban J connectivity index is 1.75. The van der Waals surface area contributed by atoms with E-state index in [4.69, 9.17) is 9.47 Å². The molecule has 6 heteroatoms. The van der Waals surface area contributed by atoms with Crippen LogP contribution in [0.1, 0.15) is 41.5 Å². The minimum Gasteiger partial charge on any atom is -0.444 e. The average Bonchev–Trinajstić information content (AvgIpc) is 2.68. The molecule has 2 amide bonds. The molecule has 1 aliphatic carbocycles. The van der Waals surface area contributed by atoms with Gasteiger partial charge in [-0.2, -0.15) is 0 Å². The lowest BCUT2D eigenvalue weighted by atomic mass is 10.2. The van der Waals surface area contributed by atoms with Crippen molar-refractivity contribution in [3.63, 3.8) is 0 Å². The smallest absolute Gasteiger partial charge is 0.410 e. The van der Waals surface area contributed by atoms with E-state index in [2.05, 4.69) is 5.32 Å². The number of amides is 2. The third-order valence-corrected chi connectivity index (χ3v) is 3.53. The number of carbonyl (C=O) groups excluding carboxylic acids is 2.